The predicted octanol–water partition coefficient (Wildman–Crippen LogP) is 2.95. The Bertz CT molecular complexity index is 315. The van der Waals surface area contributed by atoms with E-state index in [1.807, 2.05) is 6.92 Å². The maximum Gasteiger partial charge on any atom is 0.304 e. The lowest BCUT2D eigenvalue weighted by atomic mass is 9.98. The quantitative estimate of drug-likeness (QED) is 0.706. The fourth-order valence-corrected chi connectivity index (χ4v) is 2.31. The maximum atomic E-state index is 11.9. The lowest BCUT2D eigenvalue weighted by Crippen LogP contribution is -2.14. The molecule has 0 aliphatic heterocycles. The maximum absolute atomic E-state index is 11.9. The van der Waals surface area contributed by atoms with Gasteiger partial charge in [0, 0.05) is 5.92 Å². The molecule has 16 heavy (non-hydrogen) atoms. The van der Waals surface area contributed by atoms with E-state index in [4.69, 9.17) is 5.11 Å². The van der Waals surface area contributed by atoms with E-state index in [2.05, 4.69) is 6.92 Å². The fraction of sp³-hybridized carbons (Fsp3) is 0.692. The highest BCUT2D eigenvalue weighted by Gasteiger charge is 2.31. The van der Waals surface area contributed by atoms with Gasteiger partial charge < -0.3 is 5.11 Å². The summed E-state index contributed by atoms with van der Waals surface area (Å²) >= 11 is 0. The highest BCUT2D eigenvalue weighted by Crippen LogP contribution is 2.33. The van der Waals surface area contributed by atoms with E-state index in [-0.39, 0.29) is 18.1 Å². The summed E-state index contributed by atoms with van der Waals surface area (Å²) in [6.45, 7) is 4.09. The number of carbonyl (C=O) groups is 2. The number of carboxylic acid groups (broad SMARTS) is 1. The summed E-state index contributed by atoms with van der Waals surface area (Å²) in [6.07, 6.45) is 4.76. The third-order valence-corrected chi connectivity index (χ3v) is 3.19. The average molecular weight is 224 g/mol. The van der Waals surface area contributed by atoms with Crippen molar-refractivity contribution in [2.24, 2.45) is 5.92 Å². The number of unbranched alkanes of at least 4 members (excludes halogenated alkanes) is 2. The van der Waals surface area contributed by atoms with Crippen molar-refractivity contribution >= 4 is 11.8 Å². The molecule has 0 heterocycles. The van der Waals surface area contributed by atoms with Crippen molar-refractivity contribution in [3.8, 4) is 0 Å². The number of aliphatic carboxylic acids is 1. The van der Waals surface area contributed by atoms with Crippen molar-refractivity contribution in [1.29, 1.82) is 0 Å². The van der Waals surface area contributed by atoms with Crippen LogP contribution in [0.1, 0.15) is 52.4 Å². The molecule has 1 aliphatic carbocycles. The van der Waals surface area contributed by atoms with E-state index >= 15 is 0 Å². The summed E-state index contributed by atoms with van der Waals surface area (Å²) in [7, 11) is 0. The number of Topliss-reactive ketones (excluding diaryl/α,β-unsaturated/α-hetero) is 1. The third kappa shape index (κ3) is 3.19. The van der Waals surface area contributed by atoms with E-state index in [0.29, 0.717) is 6.42 Å². The molecule has 0 bridgehead atoms. The largest absolute Gasteiger partial charge is 0.481 e. The minimum absolute atomic E-state index is 0.0204. The Morgan fingerprint density at radius 3 is 2.69 bits per heavy atom. The number of rotatable bonds is 6. The normalized spacial score (nSPS) is 20.6. The van der Waals surface area contributed by atoms with Crippen LogP contribution in [-0.4, -0.2) is 16.9 Å². The van der Waals surface area contributed by atoms with Gasteiger partial charge in [0.05, 0.1) is 6.42 Å². The average Bonchev–Trinajstić information content (AvgIpc) is 2.45. The Hall–Kier alpha value is -1.12. The Balaban J connectivity index is 2.54. The number of ketones is 1. The zero-order valence-electron chi connectivity index (χ0n) is 10.1. The van der Waals surface area contributed by atoms with Gasteiger partial charge in [-0.05, 0) is 31.8 Å². The van der Waals surface area contributed by atoms with Gasteiger partial charge in [-0.3, -0.25) is 9.59 Å². The molecule has 1 aliphatic rings. The molecule has 0 saturated carbocycles. The van der Waals surface area contributed by atoms with Crippen LogP contribution in [0.3, 0.4) is 0 Å². The number of carbonyl (C=O) groups excluding carboxylic acids is 1. The first kappa shape index (κ1) is 12.9. The minimum Gasteiger partial charge on any atom is -0.481 e. The predicted molar refractivity (Wildman–Crippen MR) is 62.2 cm³/mol. The minimum atomic E-state index is -0.874. The smallest absolute Gasteiger partial charge is 0.304 e. The van der Waals surface area contributed by atoms with Gasteiger partial charge in [0.2, 0.25) is 0 Å². The molecule has 0 saturated heterocycles. The third-order valence-electron chi connectivity index (χ3n) is 3.19. The number of allylic oxidation sites excluding steroid dienone is 2. The molecule has 3 nitrogen and oxygen atoms in total. The molecule has 0 aromatic rings. The van der Waals surface area contributed by atoms with Crippen molar-refractivity contribution in [1.82, 2.24) is 0 Å². The number of hydrogen-bond acceptors (Lipinski definition) is 2. The van der Waals surface area contributed by atoms with Gasteiger partial charge in [-0.25, -0.2) is 0 Å². The molecule has 0 aromatic heterocycles. The molecule has 0 spiro atoms. The second-order valence-corrected chi connectivity index (χ2v) is 4.58. The number of carboxylic acids is 1. The van der Waals surface area contributed by atoms with Crippen LogP contribution in [-0.2, 0) is 9.59 Å². The van der Waals surface area contributed by atoms with E-state index in [0.717, 1.165) is 36.8 Å². The van der Waals surface area contributed by atoms with Crippen molar-refractivity contribution in [2.45, 2.75) is 52.4 Å². The summed E-state index contributed by atoms with van der Waals surface area (Å²) in [4.78, 5) is 22.5. The van der Waals surface area contributed by atoms with Gasteiger partial charge >= 0.3 is 5.97 Å². The standard InChI is InChI=1S/C13H20O3/c1-3-4-5-6-11-9(2)7-10(13(11)16)8-12(14)15/h10H,3-8H2,1-2H3,(H,14,15). The van der Waals surface area contributed by atoms with E-state index in [1.165, 1.54) is 0 Å². The van der Waals surface area contributed by atoms with E-state index in [9.17, 15) is 9.59 Å². The summed E-state index contributed by atoms with van der Waals surface area (Å²) in [5, 5.41) is 8.71. The van der Waals surface area contributed by atoms with Crippen LogP contribution in [0.4, 0.5) is 0 Å². The van der Waals surface area contributed by atoms with Gasteiger partial charge in [-0.15, -0.1) is 0 Å². The van der Waals surface area contributed by atoms with Crippen LogP contribution in [0.2, 0.25) is 0 Å². The molecule has 3 heteroatoms. The summed E-state index contributed by atoms with van der Waals surface area (Å²) in [6, 6.07) is 0. The van der Waals surface area contributed by atoms with Crippen LogP contribution >= 0.6 is 0 Å². The topological polar surface area (TPSA) is 54.4 Å². The van der Waals surface area contributed by atoms with Crippen molar-refractivity contribution in [3.05, 3.63) is 11.1 Å². The molecule has 0 radical (unpaired) electrons. The first-order valence-electron chi connectivity index (χ1n) is 6.00. The van der Waals surface area contributed by atoms with Gasteiger partial charge in [0.15, 0.2) is 5.78 Å². The summed E-state index contributed by atoms with van der Waals surface area (Å²) < 4.78 is 0. The van der Waals surface area contributed by atoms with Crippen LogP contribution in [0.25, 0.3) is 0 Å². The second kappa shape index (κ2) is 5.83. The monoisotopic (exact) mass is 224 g/mol. The molecule has 0 amide bonds. The summed E-state index contributed by atoms with van der Waals surface area (Å²) in [5.74, 6) is -1.09. The summed E-state index contributed by atoms with van der Waals surface area (Å²) in [5.41, 5.74) is 2.01. The lowest BCUT2D eigenvalue weighted by molar-refractivity contribution is -0.139. The molecule has 0 aromatic carbocycles. The Morgan fingerprint density at radius 2 is 2.12 bits per heavy atom. The Kier molecular flexibility index (Phi) is 4.71. The molecule has 1 unspecified atom stereocenters. The van der Waals surface area contributed by atoms with Crippen molar-refractivity contribution < 1.29 is 14.7 Å². The van der Waals surface area contributed by atoms with Crippen LogP contribution in [0, 0.1) is 5.92 Å². The van der Waals surface area contributed by atoms with E-state index in [1.54, 1.807) is 0 Å². The molecule has 1 rings (SSSR count). The Labute approximate surface area is 96.5 Å². The zero-order chi connectivity index (χ0) is 12.1. The lowest BCUT2D eigenvalue weighted by Gasteiger charge is -2.05. The molecule has 1 atom stereocenters. The van der Waals surface area contributed by atoms with Crippen molar-refractivity contribution in [3.63, 3.8) is 0 Å². The zero-order valence-corrected chi connectivity index (χ0v) is 10.1. The van der Waals surface area contributed by atoms with Gasteiger partial charge in [-0.1, -0.05) is 25.3 Å². The highest BCUT2D eigenvalue weighted by atomic mass is 16.4. The first-order valence-corrected chi connectivity index (χ1v) is 6.00. The van der Waals surface area contributed by atoms with Gasteiger partial charge in [0.25, 0.3) is 0 Å². The molecule has 90 valence electrons. The van der Waals surface area contributed by atoms with Crippen LogP contribution in [0.15, 0.2) is 11.1 Å². The van der Waals surface area contributed by atoms with Gasteiger partial charge in [-0.2, -0.15) is 0 Å². The highest BCUT2D eigenvalue weighted by molar-refractivity contribution is 6.01. The molecular weight excluding hydrogens is 204 g/mol. The second-order valence-electron chi connectivity index (χ2n) is 4.58. The molecule has 0 fully saturated rings. The molecule has 1 N–H and O–H groups in total. The van der Waals surface area contributed by atoms with Gasteiger partial charge in [0.1, 0.15) is 0 Å². The SMILES string of the molecule is CCCCCC1=C(C)CC(CC(=O)O)C1=O. The Morgan fingerprint density at radius 1 is 1.44 bits per heavy atom. The first-order chi connectivity index (χ1) is 7.56. The van der Waals surface area contributed by atoms with Crippen LogP contribution < -0.4 is 0 Å². The van der Waals surface area contributed by atoms with Crippen molar-refractivity contribution in [2.75, 3.05) is 0 Å². The van der Waals surface area contributed by atoms with Crippen LogP contribution in [0.5, 0.6) is 0 Å². The number of hydrogen-bond donors (Lipinski definition) is 1. The fourth-order valence-electron chi connectivity index (χ4n) is 2.31. The molecular formula is C13H20O3. The van der Waals surface area contributed by atoms with E-state index < -0.39 is 5.97 Å².